The standard InChI is InChI=1S/C11H14O2/c1-13-2-11-7-3-4(7)6-9(11)8(11)5(3)10(6)12/h3-10,12H,2H2,1H3/t3-,4-,5+,6+,7?,8-,9-,10?,11?/m0/s1. The summed E-state index contributed by atoms with van der Waals surface area (Å²) in [6, 6.07) is 0. The molecule has 2 nitrogen and oxygen atoms in total. The Morgan fingerprint density at radius 3 is 2.15 bits per heavy atom. The van der Waals surface area contributed by atoms with Crippen LogP contribution in [0.2, 0.25) is 0 Å². The Morgan fingerprint density at radius 2 is 1.69 bits per heavy atom. The molecule has 0 heterocycles. The van der Waals surface area contributed by atoms with Crippen LogP contribution in [0.15, 0.2) is 0 Å². The van der Waals surface area contributed by atoms with E-state index in [1.807, 2.05) is 7.11 Å². The van der Waals surface area contributed by atoms with Gasteiger partial charge in [-0.1, -0.05) is 0 Å². The van der Waals surface area contributed by atoms with Crippen molar-refractivity contribution in [3.8, 4) is 0 Å². The molecule has 1 N–H and O–H groups in total. The first-order chi connectivity index (χ1) is 6.34. The minimum Gasteiger partial charge on any atom is -0.393 e. The van der Waals surface area contributed by atoms with Gasteiger partial charge in [0, 0.05) is 12.5 Å². The van der Waals surface area contributed by atoms with Gasteiger partial charge in [-0.3, -0.25) is 0 Å². The minimum atomic E-state index is 0.0914. The van der Waals surface area contributed by atoms with Gasteiger partial charge < -0.3 is 9.84 Å². The van der Waals surface area contributed by atoms with Crippen LogP contribution in [0.1, 0.15) is 0 Å². The molecule has 0 radical (unpaired) electrons. The van der Waals surface area contributed by atoms with Gasteiger partial charge >= 0.3 is 0 Å². The molecule has 0 spiro atoms. The van der Waals surface area contributed by atoms with Crippen LogP contribution in [0.4, 0.5) is 0 Å². The highest BCUT2D eigenvalue weighted by Crippen LogP contribution is 2.99. The molecule has 0 aromatic carbocycles. The summed E-state index contributed by atoms with van der Waals surface area (Å²) in [5.41, 5.74) is 0.596. The molecule has 6 aliphatic carbocycles. The Hall–Kier alpha value is -0.0800. The van der Waals surface area contributed by atoms with Crippen LogP contribution < -0.4 is 0 Å². The van der Waals surface area contributed by atoms with Crippen molar-refractivity contribution >= 4 is 0 Å². The Kier molecular flexibility index (Phi) is 0.688. The first-order valence-corrected chi connectivity index (χ1v) is 5.51. The zero-order valence-electron chi connectivity index (χ0n) is 7.68. The van der Waals surface area contributed by atoms with Crippen LogP contribution in [0, 0.1) is 46.8 Å². The number of aliphatic hydroxyl groups is 1. The second kappa shape index (κ2) is 1.40. The molecular formula is C11H14O2. The molecule has 2 bridgehead atoms. The maximum atomic E-state index is 9.99. The topological polar surface area (TPSA) is 29.5 Å². The van der Waals surface area contributed by atoms with Gasteiger partial charge in [0.15, 0.2) is 0 Å². The number of hydrogen-bond acceptors (Lipinski definition) is 2. The Bertz CT molecular complexity index is 302. The lowest BCUT2D eigenvalue weighted by molar-refractivity contribution is 0.0811. The van der Waals surface area contributed by atoms with Gasteiger partial charge in [0.25, 0.3) is 0 Å². The predicted octanol–water partition coefficient (Wildman–Crippen LogP) is 0.362. The molecule has 2 heteroatoms. The van der Waals surface area contributed by atoms with Crippen molar-refractivity contribution in [3.63, 3.8) is 0 Å². The van der Waals surface area contributed by atoms with E-state index >= 15 is 0 Å². The fourth-order valence-electron chi connectivity index (χ4n) is 6.38. The van der Waals surface area contributed by atoms with Gasteiger partial charge in [-0.15, -0.1) is 0 Å². The summed E-state index contributed by atoms with van der Waals surface area (Å²) in [5, 5.41) is 9.99. The summed E-state index contributed by atoms with van der Waals surface area (Å²) in [6.45, 7) is 0.986. The van der Waals surface area contributed by atoms with Gasteiger partial charge in [-0.2, -0.15) is 0 Å². The van der Waals surface area contributed by atoms with E-state index in [-0.39, 0.29) is 6.10 Å². The monoisotopic (exact) mass is 178 g/mol. The van der Waals surface area contributed by atoms with E-state index in [4.69, 9.17) is 4.74 Å². The minimum absolute atomic E-state index is 0.0914. The SMILES string of the molecule is COCC12C3[C@H]4[C@H]3[C@H]3C(O)[C@H]4[C@H]1[C@H]32. The molecule has 0 saturated heterocycles. The molecule has 13 heavy (non-hydrogen) atoms. The first-order valence-electron chi connectivity index (χ1n) is 5.51. The van der Waals surface area contributed by atoms with Crippen LogP contribution in [0.5, 0.6) is 0 Å². The normalized spacial score (nSPS) is 83.5. The van der Waals surface area contributed by atoms with E-state index in [2.05, 4.69) is 0 Å². The zero-order chi connectivity index (χ0) is 8.53. The average molecular weight is 178 g/mol. The summed E-state index contributed by atoms with van der Waals surface area (Å²) in [4.78, 5) is 0. The summed E-state index contributed by atoms with van der Waals surface area (Å²) in [5.74, 6) is 6.04. The molecule has 0 aliphatic heterocycles. The maximum absolute atomic E-state index is 9.99. The lowest BCUT2D eigenvalue weighted by Crippen LogP contribution is -2.21. The zero-order valence-corrected chi connectivity index (χ0v) is 7.68. The van der Waals surface area contributed by atoms with Gasteiger partial charge in [0.2, 0.25) is 0 Å². The highest BCUT2D eigenvalue weighted by molar-refractivity contribution is 5.46. The van der Waals surface area contributed by atoms with Crippen molar-refractivity contribution in [3.05, 3.63) is 0 Å². The summed E-state index contributed by atoms with van der Waals surface area (Å²) >= 11 is 0. The maximum Gasteiger partial charge on any atom is 0.0608 e. The van der Waals surface area contributed by atoms with Crippen LogP contribution in [-0.2, 0) is 4.74 Å². The number of methoxy groups -OCH3 is 1. The van der Waals surface area contributed by atoms with Gasteiger partial charge in [0.05, 0.1) is 12.7 Å². The second-order valence-corrected chi connectivity index (χ2v) is 5.92. The fourth-order valence-corrected chi connectivity index (χ4v) is 6.38. The van der Waals surface area contributed by atoms with Crippen LogP contribution in [0.3, 0.4) is 0 Å². The molecule has 0 aromatic heterocycles. The number of ether oxygens (including phenoxy) is 1. The van der Waals surface area contributed by atoms with E-state index in [0.29, 0.717) is 17.3 Å². The molecule has 6 fully saturated rings. The Morgan fingerprint density at radius 1 is 1.08 bits per heavy atom. The molecule has 6 aliphatic rings. The molecule has 6 atom stereocenters. The van der Waals surface area contributed by atoms with Gasteiger partial charge in [-0.05, 0) is 41.4 Å². The summed E-state index contributed by atoms with van der Waals surface area (Å²) in [6.07, 6.45) is 0.0914. The number of hydrogen-bond donors (Lipinski definition) is 1. The highest BCUT2D eigenvalue weighted by Gasteiger charge is 2.99. The number of aliphatic hydroxyl groups excluding tert-OH is 1. The third-order valence-corrected chi connectivity index (χ3v) is 6.17. The first kappa shape index (κ1) is 6.41. The van der Waals surface area contributed by atoms with Crippen molar-refractivity contribution in [1.29, 1.82) is 0 Å². The fraction of sp³-hybridized carbons (Fsp3) is 1.00. The van der Waals surface area contributed by atoms with E-state index < -0.39 is 0 Å². The van der Waals surface area contributed by atoms with Crippen LogP contribution >= 0.6 is 0 Å². The quantitative estimate of drug-likeness (QED) is 0.661. The van der Waals surface area contributed by atoms with E-state index in [1.165, 1.54) is 0 Å². The van der Waals surface area contributed by atoms with E-state index in [9.17, 15) is 5.11 Å². The lowest BCUT2D eigenvalue weighted by Gasteiger charge is -2.15. The van der Waals surface area contributed by atoms with E-state index in [0.717, 1.165) is 36.2 Å². The largest absolute Gasteiger partial charge is 0.393 e. The Balaban J connectivity index is 1.68. The summed E-state index contributed by atoms with van der Waals surface area (Å²) < 4.78 is 5.39. The van der Waals surface area contributed by atoms with Crippen molar-refractivity contribution in [2.75, 3.05) is 13.7 Å². The van der Waals surface area contributed by atoms with Gasteiger partial charge in [0.1, 0.15) is 0 Å². The van der Waals surface area contributed by atoms with Crippen molar-refractivity contribution < 1.29 is 9.84 Å². The molecular weight excluding hydrogens is 164 g/mol. The second-order valence-electron chi connectivity index (χ2n) is 5.92. The van der Waals surface area contributed by atoms with Crippen molar-refractivity contribution in [1.82, 2.24) is 0 Å². The molecule has 6 saturated carbocycles. The Labute approximate surface area is 77.3 Å². The smallest absolute Gasteiger partial charge is 0.0608 e. The third-order valence-electron chi connectivity index (χ3n) is 6.17. The van der Waals surface area contributed by atoms with Crippen molar-refractivity contribution in [2.24, 2.45) is 46.8 Å². The molecule has 0 aromatic rings. The predicted molar refractivity (Wildman–Crippen MR) is 44.7 cm³/mol. The third kappa shape index (κ3) is 0.350. The number of rotatable bonds is 2. The average Bonchev–Trinajstić information content (AvgIpc) is 2.88. The summed E-state index contributed by atoms with van der Waals surface area (Å²) in [7, 11) is 1.83. The molecule has 0 unspecified atom stereocenters. The van der Waals surface area contributed by atoms with Gasteiger partial charge in [-0.25, -0.2) is 0 Å². The molecule has 0 amide bonds. The molecule has 70 valence electrons. The van der Waals surface area contributed by atoms with Crippen LogP contribution in [-0.4, -0.2) is 24.9 Å². The van der Waals surface area contributed by atoms with E-state index in [1.54, 1.807) is 0 Å². The molecule has 6 rings (SSSR count). The van der Waals surface area contributed by atoms with Crippen molar-refractivity contribution in [2.45, 2.75) is 6.10 Å². The van der Waals surface area contributed by atoms with Crippen LogP contribution in [0.25, 0.3) is 0 Å². The highest BCUT2D eigenvalue weighted by atomic mass is 16.5. The lowest BCUT2D eigenvalue weighted by atomic mass is 9.98.